The van der Waals surface area contributed by atoms with E-state index in [0.717, 1.165) is 16.7 Å². The zero-order valence-electron chi connectivity index (χ0n) is 20.4. The highest BCUT2D eigenvalue weighted by molar-refractivity contribution is 7.92. The van der Waals surface area contributed by atoms with Crippen molar-refractivity contribution in [1.29, 1.82) is 0 Å². The third-order valence-electron chi connectivity index (χ3n) is 5.32. The van der Waals surface area contributed by atoms with Crippen LogP contribution in [0.1, 0.15) is 37.5 Å². The first-order valence-corrected chi connectivity index (χ1v) is 12.3. The molecule has 0 unspecified atom stereocenters. The molecule has 0 bridgehead atoms. The van der Waals surface area contributed by atoms with Gasteiger partial charge in [-0.15, -0.1) is 0 Å². The van der Waals surface area contributed by atoms with Gasteiger partial charge in [-0.1, -0.05) is 57.2 Å². The molecule has 0 heterocycles. The Morgan fingerprint density at radius 3 is 1.88 bits per heavy atom. The van der Waals surface area contributed by atoms with Crippen molar-refractivity contribution >= 4 is 27.9 Å². The van der Waals surface area contributed by atoms with Gasteiger partial charge in [-0.05, 0) is 58.5 Å². The fraction of sp³-hybridized carbons (Fsp3) is 0.259. The van der Waals surface area contributed by atoms with E-state index in [9.17, 15) is 8.42 Å². The van der Waals surface area contributed by atoms with E-state index in [1.54, 1.807) is 51.7 Å². The highest BCUT2D eigenvalue weighted by Gasteiger charge is 2.18. The summed E-state index contributed by atoms with van der Waals surface area (Å²) in [5.74, 6) is 1.63. The van der Waals surface area contributed by atoms with E-state index in [2.05, 4.69) is 25.5 Å². The van der Waals surface area contributed by atoms with Gasteiger partial charge in [0.05, 0.1) is 26.2 Å². The van der Waals surface area contributed by atoms with Gasteiger partial charge in [0.25, 0.3) is 10.0 Å². The number of anilines is 1. The van der Waals surface area contributed by atoms with Crippen LogP contribution >= 0.6 is 0 Å². The van der Waals surface area contributed by atoms with Gasteiger partial charge in [-0.25, -0.2) is 8.42 Å². The van der Waals surface area contributed by atoms with E-state index in [-0.39, 0.29) is 10.3 Å². The summed E-state index contributed by atoms with van der Waals surface area (Å²) in [5.41, 5.74) is 3.18. The summed E-state index contributed by atoms with van der Waals surface area (Å²) in [5, 5.41) is 0. The number of rotatable bonds is 8. The van der Waals surface area contributed by atoms with Crippen LogP contribution in [0, 0.1) is 0 Å². The molecule has 0 aliphatic heterocycles. The number of nitrogens with one attached hydrogen (secondary N) is 1. The van der Waals surface area contributed by atoms with Crippen LogP contribution in [-0.2, 0) is 15.4 Å². The lowest BCUT2D eigenvalue weighted by molar-refractivity contribution is 0.324. The molecule has 3 aromatic carbocycles. The van der Waals surface area contributed by atoms with Gasteiger partial charge in [-0.2, -0.15) is 0 Å². The van der Waals surface area contributed by atoms with Gasteiger partial charge in [0, 0.05) is 5.69 Å². The highest BCUT2D eigenvalue weighted by atomic mass is 32.2. The van der Waals surface area contributed by atoms with Crippen molar-refractivity contribution in [3.63, 3.8) is 0 Å². The zero-order chi connectivity index (χ0) is 24.9. The lowest BCUT2D eigenvalue weighted by Gasteiger charge is -2.19. The summed E-state index contributed by atoms with van der Waals surface area (Å²) in [6, 6.07) is 17.8. The number of methoxy groups -OCH3 is 3. The average Bonchev–Trinajstić information content (AvgIpc) is 2.81. The second kappa shape index (κ2) is 10.2. The molecule has 0 saturated carbocycles. The number of hydrogen-bond donors (Lipinski definition) is 1. The standard InChI is InChI=1S/C27H31NO5S/c1-27(2,3)21-12-14-23(15-13-21)34(29,30)28-22-9-7-8-19(16-22)10-11-20-17-24(31-4)26(33-6)25(18-20)32-5/h7-18,28H,1-6H3. The lowest BCUT2D eigenvalue weighted by Crippen LogP contribution is -2.14. The van der Waals surface area contributed by atoms with Gasteiger partial charge in [0.1, 0.15) is 0 Å². The average molecular weight is 482 g/mol. The van der Waals surface area contributed by atoms with Crippen LogP contribution < -0.4 is 18.9 Å². The minimum Gasteiger partial charge on any atom is -0.493 e. The first kappa shape index (κ1) is 25.2. The maximum Gasteiger partial charge on any atom is 0.261 e. The first-order chi connectivity index (χ1) is 16.1. The Bertz CT molecular complexity index is 1250. The molecule has 180 valence electrons. The molecule has 0 atom stereocenters. The molecule has 3 rings (SSSR count). The minimum atomic E-state index is -3.71. The molecule has 0 radical (unpaired) electrons. The molecule has 0 aliphatic rings. The Morgan fingerprint density at radius 2 is 1.35 bits per heavy atom. The van der Waals surface area contributed by atoms with Crippen LogP contribution in [-0.4, -0.2) is 29.7 Å². The largest absolute Gasteiger partial charge is 0.493 e. The number of hydrogen-bond acceptors (Lipinski definition) is 5. The van der Waals surface area contributed by atoms with Gasteiger partial charge in [-0.3, -0.25) is 4.72 Å². The Hall–Kier alpha value is -3.45. The van der Waals surface area contributed by atoms with Gasteiger partial charge in [0.2, 0.25) is 5.75 Å². The fourth-order valence-electron chi connectivity index (χ4n) is 3.44. The van der Waals surface area contributed by atoms with E-state index in [4.69, 9.17) is 14.2 Å². The summed E-state index contributed by atoms with van der Waals surface area (Å²) >= 11 is 0. The maximum absolute atomic E-state index is 12.9. The van der Waals surface area contributed by atoms with Gasteiger partial charge >= 0.3 is 0 Å². The maximum atomic E-state index is 12.9. The molecule has 0 amide bonds. The highest BCUT2D eigenvalue weighted by Crippen LogP contribution is 2.38. The first-order valence-electron chi connectivity index (χ1n) is 10.8. The van der Waals surface area contributed by atoms with Crippen molar-refractivity contribution in [3.8, 4) is 17.2 Å². The topological polar surface area (TPSA) is 73.9 Å². The van der Waals surface area contributed by atoms with Gasteiger partial charge < -0.3 is 14.2 Å². The summed E-state index contributed by atoms with van der Waals surface area (Å²) in [4.78, 5) is 0.221. The Kier molecular flexibility index (Phi) is 7.57. The van der Waals surface area contributed by atoms with E-state index >= 15 is 0 Å². The van der Waals surface area contributed by atoms with E-state index in [1.165, 1.54) is 0 Å². The second-order valence-corrected chi connectivity index (χ2v) is 10.5. The van der Waals surface area contributed by atoms with Gasteiger partial charge in [0.15, 0.2) is 11.5 Å². The Labute approximate surface area is 202 Å². The number of benzene rings is 3. The predicted molar refractivity (Wildman–Crippen MR) is 137 cm³/mol. The zero-order valence-corrected chi connectivity index (χ0v) is 21.2. The summed E-state index contributed by atoms with van der Waals surface area (Å²) in [6.45, 7) is 6.27. The smallest absolute Gasteiger partial charge is 0.261 e. The molecule has 34 heavy (non-hydrogen) atoms. The molecule has 0 spiro atoms. The molecule has 7 heteroatoms. The van der Waals surface area contributed by atoms with Crippen molar-refractivity contribution in [1.82, 2.24) is 0 Å². The van der Waals surface area contributed by atoms with Crippen molar-refractivity contribution < 1.29 is 22.6 Å². The number of sulfonamides is 1. The van der Waals surface area contributed by atoms with Crippen molar-refractivity contribution in [2.45, 2.75) is 31.1 Å². The summed E-state index contributed by atoms with van der Waals surface area (Å²) in [6.07, 6.45) is 3.78. The molecule has 1 N–H and O–H groups in total. The van der Waals surface area contributed by atoms with Crippen LogP contribution in [0.4, 0.5) is 5.69 Å². The SMILES string of the molecule is COc1cc(C=Cc2cccc(NS(=O)(=O)c3ccc(C(C)(C)C)cc3)c2)cc(OC)c1OC. The van der Waals surface area contributed by atoms with Crippen LogP contribution in [0.25, 0.3) is 12.2 Å². The second-order valence-electron chi connectivity index (χ2n) is 8.80. The molecule has 3 aromatic rings. The molecule has 0 saturated heterocycles. The quantitative estimate of drug-likeness (QED) is 0.401. The van der Waals surface area contributed by atoms with E-state index in [1.807, 2.05) is 42.5 Å². The van der Waals surface area contributed by atoms with Crippen LogP contribution in [0.5, 0.6) is 17.2 Å². The third-order valence-corrected chi connectivity index (χ3v) is 6.72. The van der Waals surface area contributed by atoms with Crippen LogP contribution in [0.15, 0.2) is 65.6 Å². The fourth-order valence-corrected chi connectivity index (χ4v) is 4.49. The molecular weight excluding hydrogens is 450 g/mol. The third kappa shape index (κ3) is 5.91. The molecule has 0 aromatic heterocycles. The normalized spacial score (nSPS) is 11.9. The predicted octanol–water partition coefficient (Wildman–Crippen LogP) is 5.98. The lowest BCUT2D eigenvalue weighted by atomic mass is 9.87. The van der Waals surface area contributed by atoms with E-state index < -0.39 is 10.0 Å². The Balaban J connectivity index is 1.82. The van der Waals surface area contributed by atoms with Crippen molar-refractivity contribution in [3.05, 3.63) is 77.4 Å². The molecule has 0 fully saturated rings. The van der Waals surface area contributed by atoms with Crippen molar-refractivity contribution in [2.24, 2.45) is 0 Å². The Morgan fingerprint density at radius 1 is 0.765 bits per heavy atom. The summed E-state index contributed by atoms with van der Waals surface area (Å²) < 4.78 is 44.6. The molecular formula is C27H31NO5S. The molecule has 6 nitrogen and oxygen atoms in total. The van der Waals surface area contributed by atoms with E-state index in [0.29, 0.717) is 22.9 Å². The molecule has 0 aliphatic carbocycles. The van der Waals surface area contributed by atoms with Crippen molar-refractivity contribution in [2.75, 3.05) is 26.1 Å². The van der Waals surface area contributed by atoms with Crippen LogP contribution in [0.2, 0.25) is 0 Å². The van der Waals surface area contributed by atoms with Crippen LogP contribution in [0.3, 0.4) is 0 Å². The minimum absolute atomic E-state index is 0.0473. The summed E-state index contributed by atoms with van der Waals surface area (Å²) in [7, 11) is 0.984. The monoisotopic (exact) mass is 481 g/mol. The number of ether oxygens (including phenoxy) is 3.